The molecule has 0 saturated heterocycles. The molecule has 1 aromatic heterocycles. The van der Waals surface area contributed by atoms with Crippen LogP contribution in [0.15, 0.2) is 5.38 Å². The van der Waals surface area contributed by atoms with Gasteiger partial charge in [0, 0.05) is 11.8 Å². The van der Waals surface area contributed by atoms with Crippen LogP contribution in [0.4, 0.5) is 0 Å². The summed E-state index contributed by atoms with van der Waals surface area (Å²) >= 11 is 1.48. The maximum absolute atomic E-state index is 11.7. The summed E-state index contributed by atoms with van der Waals surface area (Å²) in [6, 6.07) is -0.0695. The molecule has 1 fully saturated rings. The van der Waals surface area contributed by atoms with Gasteiger partial charge in [0.1, 0.15) is 10.7 Å². The number of rotatable bonds is 5. The summed E-state index contributed by atoms with van der Waals surface area (Å²) in [5.74, 6) is 0.977. The van der Waals surface area contributed by atoms with E-state index >= 15 is 0 Å². The lowest BCUT2D eigenvalue weighted by Crippen LogP contribution is -2.06. The normalized spacial score (nSPS) is 17.7. The fourth-order valence-corrected chi connectivity index (χ4v) is 2.28. The monoisotopic (exact) mass is 224 g/mol. The summed E-state index contributed by atoms with van der Waals surface area (Å²) in [6.07, 6.45) is 4.28. The predicted octanol–water partition coefficient (Wildman–Crippen LogP) is 2.54. The van der Waals surface area contributed by atoms with Gasteiger partial charge in [-0.15, -0.1) is 11.3 Å². The van der Waals surface area contributed by atoms with E-state index < -0.39 is 0 Å². The largest absolute Gasteiger partial charge is 0.322 e. The molecule has 3 nitrogen and oxygen atoms in total. The highest BCUT2D eigenvalue weighted by Gasteiger charge is 2.22. The molecule has 2 rings (SSSR count). The van der Waals surface area contributed by atoms with Crippen LogP contribution in [-0.4, -0.2) is 10.8 Å². The van der Waals surface area contributed by atoms with Crippen molar-refractivity contribution in [2.45, 2.75) is 38.6 Å². The van der Waals surface area contributed by atoms with Gasteiger partial charge in [0.15, 0.2) is 5.78 Å². The zero-order valence-electron chi connectivity index (χ0n) is 8.90. The summed E-state index contributed by atoms with van der Waals surface area (Å²) < 4.78 is 0. The van der Waals surface area contributed by atoms with Gasteiger partial charge in [-0.05, 0) is 19.3 Å². The Morgan fingerprint density at radius 1 is 1.73 bits per heavy atom. The average Bonchev–Trinajstić information content (AvgIpc) is 2.88. The Morgan fingerprint density at radius 3 is 3.00 bits per heavy atom. The number of carbonyl (C=O) groups is 1. The fraction of sp³-hybridized carbons (Fsp3) is 0.636. The van der Waals surface area contributed by atoms with Crippen molar-refractivity contribution in [1.29, 1.82) is 0 Å². The van der Waals surface area contributed by atoms with Gasteiger partial charge in [0.25, 0.3) is 0 Å². The smallest absolute Gasteiger partial charge is 0.182 e. The maximum Gasteiger partial charge on any atom is 0.182 e. The second-order valence-corrected chi connectivity index (χ2v) is 5.15. The lowest BCUT2D eigenvalue weighted by Gasteiger charge is -1.97. The van der Waals surface area contributed by atoms with E-state index in [1.807, 2.05) is 12.3 Å². The Labute approximate surface area is 93.7 Å². The van der Waals surface area contributed by atoms with Crippen molar-refractivity contribution in [3.63, 3.8) is 0 Å². The fourth-order valence-electron chi connectivity index (χ4n) is 1.49. The topological polar surface area (TPSA) is 56.0 Å². The average molecular weight is 224 g/mol. The van der Waals surface area contributed by atoms with Gasteiger partial charge in [0.2, 0.25) is 0 Å². The molecular formula is C11H16N2OS. The van der Waals surface area contributed by atoms with E-state index in [0.717, 1.165) is 17.3 Å². The molecule has 1 aliphatic rings. The van der Waals surface area contributed by atoms with Gasteiger partial charge in [-0.2, -0.15) is 0 Å². The number of carbonyl (C=O) groups excluding carboxylic acids is 1. The summed E-state index contributed by atoms with van der Waals surface area (Å²) in [5.41, 5.74) is 6.30. The van der Waals surface area contributed by atoms with E-state index in [0.29, 0.717) is 12.1 Å². The molecule has 1 heterocycles. The summed E-state index contributed by atoms with van der Waals surface area (Å²) in [6.45, 7) is 1.89. The van der Waals surface area contributed by atoms with E-state index in [-0.39, 0.29) is 11.8 Å². The van der Waals surface area contributed by atoms with Crippen LogP contribution in [0, 0.1) is 5.92 Å². The first kappa shape index (κ1) is 10.8. The van der Waals surface area contributed by atoms with Crippen molar-refractivity contribution in [2.24, 2.45) is 11.7 Å². The van der Waals surface area contributed by atoms with Gasteiger partial charge in [-0.25, -0.2) is 4.98 Å². The Balaban J connectivity index is 1.92. The predicted molar refractivity (Wildman–Crippen MR) is 61.0 cm³/mol. The van der Waals surface area contributed by atoms with Crippen LogP contribution < -0.4 is 5.73 Å². The highest BCUT2D eigenvalue weighted by Crippen LogP contribution is 2.33. The number of nitrogens with zero attached hydrogens (tertiary/aromatic N) is 1. The highest BCUT2D eigenvalue weighted by molar-refractivity contribution is 7.09. The molecule has 1 unspecified atom stereocenters. The number of Topliss-reactive ketones (excluding diaryl/α,β-unsaturated/α-hetero) is 1. The number of ketones is 1. The molecule has 0 bridgehead atoms. The number of aromatic nitrogens is 1. The lowest BCUT2D eigenvalue weighted by molar-refractivity contribution is 0.0973. The van der Waals surface area contributed by atoms with Crippen LogP contribution in [0.1, 0.15) is 54.1 Å². The third-order valence-corrected chi connectivity index (χ3v) is 3.72. The molecule has 15 heavy (non-hydrogen) atoms. The van der Waals surface area contributed by atoms with Crippen molar-refractivity contribution in [1.82, 2.24) is 4.98 Å². The van der Waals surface area contributed by atoms with Crippen LogP contribution in [0.3, 0.4) is 0 Å². The Bertz CT molecular complexity index is 355. The summed E-state index contributed by atoms with van der Waals surface area (Å²) in [7, 11) is 0. The van der Waals surface area contributed by atoms with E-state index in [1.165, 1.54) is 24.2 Å². The van der Waals surface area contributed by atoms with Crippen LogP contribution in [0.2, 0.25) is 0 Å². The van der Waals surface area contributed by atoms with Gasteiger partial charge >= 0.3 is 0 Å². The van der Waals surface area contributed by atoms with E-state index in [9.17, 15) is 4.79 Å². The molecule has 0 amide bonds. The molecule has 0 aromatic carbocycles. The molecule has 0 radical (unpaired) electrons. The molecule has 0 spiro atoms. The molecule has 1 atom stereocenters. The standard InChI is InChI=1S/C11H16N2OS/c1-7(12)11-13-9(6-15-11)10(14)5-4-8-2-3-8/h6-8H,2-5,12H2,1H3. The zero-order valence-corrected chi connectivity index (χ0v) is 9.72. The minimum Gasteiger partial charge on any atom is -0.322 e. The second kappa shape index (κ2) is 4.41. The first-order valence-corrected chi connectivity index (χ1v) is 6.29. The highest BCUT2D eigenvalue weighted by atomic mass is 32.1. The molecule has 0 aliphatic heterocycles. The number of thiazole rings is 1. The third-order valence-electron chi connectivity index (χ3n) is 2.67. The molecule has 1 saturated carbocycles. The van der Waals surface area contributed by atoms with Crippen molar-refractivity contribution in [2.75, 3.05) is 0 Å². The van der Waals surface area contributed by atoms with Crippen LogP contribution in [0.25, 0.3) is 0 Å². The van der Waals surface area contributed by atoms with Crippen molar-refractivity contribution in [3.05, 3.63) is 16.1 Å². The SMILES string of the molecule is CC(N)c1nc(C(=O)CCC2CC2)cs1. The Kier molecular flexibility index (Phi) is 3.17. The molecule has 82 valence electrons. The Morgan fingerprint density at radius 2 is 2.47 bits per heavy atom. The quantitative estimate of drug-likeness (QED) is 0.782. The summed E-state index contributed by atoms with van der Waals surface area (Å²) in [4.78, 5) is 16.0. The van der Waals surface area contributed by atoms with Gasteiger partial charge < -0.3 is 5.73 Å². The van der Waals surface area contributed by atoms with Gasteiger partial charge in [-0.3, -0.25) is 4.79 Å². The lowest BCUT2D eigenvalue weighted by atomic mass is 10.1. The Hall–Kier alpha value is -0.740. The number of hydrogen-bond acceptors (Lipinski definition) is 4. The number of hydrogen-bond donors (Lipinski definition) is 1. The van der Waals surface area contributed by atoms with Crippen LogP contribution in [-0.2, 0) is 0 Å². The van der Waals surface area contributed by atoms with Crippen molar-refractivity contribution < 1.29 is 4.79 Å². The first-order valence-electron chi connectivity index (χ1n) is 5.41. The third kappa shape index (κ3) is 2.86. The van der Waals surface area contributed by atoms with E-state index in [2.05, 4.69) is 4.98 Å². The van der Waals surface area contributed by atoms with Crippen molar-refractivity contribution in [3.8, 4) is 0 Å². The first-order chi connectivity index (χ1) is 7.16. The molecule has 1 aromatic rings. The summed E-state index contributed by atoms with van der Waals surface area (Å²) in [5, 5.41) is 2.68. The minimum absolute atomic E-state index is 0.0695. The van der Waals surface area contributed by atoms with Crippen LogP contribution >= 0.6 is 11.3 Å². The number of nitrogens with two attached hydrogens (primary N) is 1. The zero-order chi connectivity index (χ0) is 10.8. The molecule has 1 aliphatic carbocycles. The molecule has 4 heteroatoms. The molecular weight excluding hydrogens is 208 g/mol. The maximum atomic E-state index is 11.7. The minimum atomic E-state index is -0.0695. The van der Waals surface area contributed by atoms with E-state index in [4.69, 9.17) is 5.73 Å². The van der Waals surface area contributed by atoms with Crippen LogP contribution in [0.5, 0.6) is 0 Å². The second-order valence-electron chi connectivity index (χ2n) is 4.26. The van der Waals surface area contributed by atoms with Gasteiger partial charge in [-0.1, -0.05) is 12.8 Å². The van der Waals surface area contributed by atoms with Gasteiger partial charge in [0.05, 0.1) is 6.04 Å². The molecule has 2 N–H and O–H groups in total. The van der Waals surface area contributed by atoms with E-state index in [1.54, 1.807) is 0 Å². The van der Waals surface area contributed by atoms with Crippen molar-refractivity contribution >= 4 is 17.1 Å².